The first-order valence-corrected chi connectivity index (χ1v) is 10.3. The van der Waals surface area contributed by atoms with E-state index in [0.29, 0.717) is 17.1 Å². The van der Waals surface area contributed by atoms with E-state index in [0.717, 1.165) is 27.4 Å². The number of anilines is 2. The number of para-hydroxylation sites is 1. The fourth-order valence-electron chi connectivity index (χ4n) is 3.29. The molecule has 3 aromatic rings. The topological polar surface area (TPSA) is 62.3 Å². The fourth-order valence-corrected chi connectivity index (χ4v) is 4.31. The number of aromatic nitrogens is 1. The molecule has 1 aliphatic heterocycles. The summed E-state index contributed by atoms with van der Waals surface area (Å²) in [7, 11) is 0. The molecule has 1 aromatic heterocycles. The highest BCUT2D eigenvalue weighted by molar-refractivity contribution is 7.99. The highest BCUT2D eigenvalue weighted by Gasteiger charge is 2.28. The molecule has 0 saturated carbocycles. The Morgan fingerprint density at radius 1 is 1.07 bits per heavy atom. The Kier molecular flexibility index (Phi) is 5.36. The molecule has 0 atom stereocenters. The lowest BCUT2D eigenvalue weighted by atomic mass is 10.1. The Morgan fingerprint density at radius 3 is 2.76 bits per heavy atom. The molecule has 0 bridgehead atoms. The van der Waals surface area contributed by atoms with Crippen LogP contribution in [0.3, 0.4) is 0 Å². The molecule has 2 amide bonds. The van der Waals surface area contributed by atoms with Crippen LogP contribution in [0.2, 0.25) is 0 Å². The molecule has 5 nitrogen and oxygen atoms in total. The van der Waals surface area contributed by atoms with E-state index in [1.807, 2.05) is 56.3 Å². The van der Waals surface area contributed by atoms with Crippen molar-refractivity contribution in [1.29, 1.82) is 0 Å². The monoisotopic (exact) mass is 403 g/mol. The molecule has 1 aliphatic rings. The number of rotatable bonds is 4. The number of amides is 2. The van der Waals surface area contributed by atoms with Gasteiger partial charge < -0.3 is 10.2 Å². The van der Waals surface area contributed by atoms with E-state index < -0.39 is 0 Å². The summed E-state index contributed by atoms with van der Waals surface area (Å²) in [6.45, 7) is 4.29. The van der Waals surface area contributed by atoms with E-state index in [-0.39, 0.29) is 18.2 Å². The number of nitrogens with zero attached hydrogens (tertiary/aromatic N) is 2. The second-order valence-corrected chi connectivity index (χ2v) is 7.96. The van der Waals surface area contributed by atoms with Gasteiger partial charge in [0.05, 0.1) is 11.3 Å². The van der Waals surface area contributed by atoms with Gasteiger partial charge in [0.1, 0.15) is 5.03 Å². The number of hydrogen-bond acceptors (Lipinski definition) is 4. The number of nitrogens with one attached hydrogen (secondary N) is 1. The highest BCUT2D eigenvalue weighted by atomic mass is 32.2. The van der Waals surface area contributed by atoms with Gasteiger partial charge in [-0.1, -0.05) is 36.0 Å². The van der Waals surface area contributed by atoms with E-state index in [1.165, 1.54) is 11.8 Å². The Labute approximate surface area is 174 Å². The van der Waals surface area contributed by atoms with Gasteiger partial charge in [0.25, 0.3) is 5.91 Å². The molecule has 29 heavy (non-hydrogen) atoms. The predicted octanol–water partition coefficient (Wildman–Crippen LogP) is 4.84. The minimum absolute atomic E-state index is 0.118. The Hall–Kier alpha value is -3.12. The third kappa shape index (κ3) is 3.89. The summed E-state index contributed by atoms with van der Waals surface area (Å²) in [5, 5.41) is 3.66. The van der Waals surface area contributed by atoms with E-state index in [9.17, 15) is 9.59 Å². The van der Waals surface area contributed by atoms with Crippen molar-refractivity contribution in [1.82, 2.24) is 4.98 Å². The van der Waals surface area contributed by atoms with Gasteiger partial charge >= 0.3 is 0 Å². The molecule has 0 spiro atoms. The van der Waals surface area contributed by atoms with Crippen LogP contribution in [0.1, 0.15) is 27.9 Å². The van der Waals surface area contributed by atoms with Crippen LogP contribution < -0.4 is 10.2 Å². The Bertz CT molecular complexity index is 1100. The molecule has 0 radical (unpaired) electrons. The van der Waals surface area contributed by atoms with Crippen molar-refractivity contribution in [3.63, 3.8) is 0 Å². The van der Waals surface area contributed by atoms with Crippen LogP contribution in [0.5, 0.6) is 0 Å². The zero-order chi connectivity index (χ0) is 20.4. The van der Waals surface area contributed by atoms with Crippen LogP contribution in [0, 0.1) is 13.8 Å². The van der Waals surface area contributed by atoms with Gasteiger partial charge in [-0.3, -0.25) is 9.59 Å². The minimum atomic E-state index is -0.134. The molecule has 146 valence electrons. The first-order chi connectivity index (χ1) is 14.0. The van der Waals surface area contributed by atoms with Gasteiger partial charge in [0.2, 0.25) is 5.91 Å². The molecule has 0 fully saturated rings. The van der Waals surface area contributed by atoms with Crippen LogP contribution >= 0.6 is 11.8 Å². The molecule has 0 unspecified atom stereocenters. The normalized spacial score (nSPS) is 12.8. The summed E-state index contributed by atoms with van der Waals surface area (Å²) in [5.41, 5.74) is 4.35. The number of hydrogen-bond donors (Lipinski definition) is 1. The summed E-state index contributed by atoms with van der Waals surface area (Å²) >= 11 is 1.48. The third-order valence-corrected chi connectivity index (χ3v) is 6.13. The summed E-state index contributed by atoms with van der Waals surface area (Å²) < 4.78 is 0. The molecule has 2 aromatic carbocycles. The van der Waals surface area contributed by atoms with Crippen LogP contribution in [-0.2, 0) is 4.79 Å². The smallest absolute Gasteiger partial charge is 0.261 e. The first kappa shape index (κ1) is 19.2. The average Bonchev–Trinajstić information content (AvgIpc) is 2.84. The maximum Gasteiger partial charge on any atom is 0.261 e. The number of benzene rings is 2. The Balaban J connectivity index is 1.56. The van der Waals surface area contributed by atoms with E-state index >= 15 is 0 Å². The van der Waals surface area contributed by atoms with Crippen molar-refractivity contribution in [2.24, 2.45) is 0 Å². The lowest BCUT2D eigenvalue weighted by molar-refractivity contribution is -0.116. The quantitative estimate of drug-likeness (QED) is 0.677. The second kappa shape index (κ2) is 8.09. The zero-order valence-corrected chi connectivity index (χ0v) is 17.1. The summed E-state index contributed by atoms with van der Waals surface area (Å²) in [6.07, 6.45) is 1.89. The molecular weight excluding hydrogens is 382 g/mol. The van der Waals surface area contributed by atoms with Gasteiger partial charge in [0.15, 0.2) is 0 Å². The maximum absolute atomic E-state index is 13.2. The molecule has 1 N–H and O–H groups in total. The molecular formula is C23H21N3O2S. The van der Waals surface area contributed by atoms with Gasteiger partial charge in [-0.2, -0.15) is 0 Å². The number of aryl methyl sites for hydroxylation is 1. The number of carbonyl (C=O) groups is 2. The highest BCUT2D eigenvalue weighted by Crippen LogP contribution is 2.40. The molecule has 4 rings (SSSR count). The summed E-state index contributed by atoms with van der Waals surface area (Å²) in [5.74, 6) is -0.252. The van der Waals surface area contributed by atoms with Crippen molar-refractivity contribution in [2.45, 2.75) is 30.2 Å². The number of fused-ring (bicyclic) bond motifs is 2. The maximum atomic E-state index is 13.2. The van der Waals surface area contributed by atoms with E-state index in [2.05, 4.69) is 10.3 Å². The average molecular weight is 404 g/mol. The number of pyridine rings is 1. The van der Waals surface area contributed by atoms with Gasteiger partial charge in [-0.15, -0.1) is 0 Å². The van der Waals surface area contributed by atoms with Crippen molar-refractivity contribution >= 4 is 35.0 Å². The van der Waals surface area contributed by atoms with Crippen LogP contribution in [-0.4, -0.2) is 23.3 Å². The molecule has 6 heteroatoms. The van der Waals surface area contributed by atoms with E-state index in [4.69, 9.17) is 0 Å². The van der Waals surface area contributed by atoms with Crippen molar-refractivity contribution in [2.75, 3.05) is 16.8 Å². The number of carbonyl (C=O) groups excluding carboxylic acids is 2. The van der Waals surface area contributed by atoms with Gasteiger partial charge in [-0.05, 0) is 55.3 Å². The largest absolute Gasteiger partial charge is 0.326 e. The van der Waals surface area contributed by atoms with Crippen molar-refractivity contribution in [3.8, 4) is 0 Å². The third-order valence-electron chi connectivity index (χ3n) is 5.05. The predicted molar refractivity (Wildman–Crippen MR) is 116 cm³/mol. The fraction of sp³-hybridized carbons (Fsp3) is 0.174. The molecule has 2 heterocycles. The lowest BCUT2D eigenvalue weighted by Gasteiger charge is -2.22. The van der Waals surface area contributed by atoms with Gasteiger partial charge in [-0.25, -0.2) is 4.98 Å². The molecule has 0 aliphatic carbocycles. The lowest BCUT2D eigenvalue weighted by Crippen LogP contribution is -2.34. The van der Waals surface area contributed by atoms with Crippen molar-refractivity contribution in [3.05, 3.63) is 77.5 Å². The van der Waals surface area contributed by atoms with Crippen LogP contribution in [0.4, 0.5) is 11.4 Å². The first-order valence-electron chi connectivity index (χ1n) is 9.44. The SMILES string of the molecule is Cc1cccc(NC(=O)CCN2C(=O)c3cccnc3Sc3ccccc32)c1C. The van der Waals surface area contributed by atoms with Crippen LogP contribution in [0.25, 0.3) is 0 Å². The van der Waals surface area contributed by atoms with Crippen molar-refractivity contribution < 1.29 is 9.59 Å². The summed E-state index contributed by atoms with van der Waals surface area (Å²) in [6, 6.07) is 17.1. The zero-order valence-electron chi connectivity index (χ0n) is 16.3. The Morgan fingerprint density at radius 2 is 1.90 bits per heavy atom. The van der Waals surface area contributed by atoms with Gasteiger partial charge in [0, 0.05) is 29.7 Å². The second-order valence-electron chi connectivity index (χ2n) is 6.93. The minimum Gasteiger partial charge on any atom is -0.326 e. The standard InChI is InChI=1S/C23H21N3O2S/c1-15-7-5-9-18(16(15)2)25-21(27)12-14-26-19-10-3-4-11-20(19)29-22-17(23(26)28)8-6-13-24-22/h3-11,13H,12,14H2,1-2H3,(H,25,27). The summed E-state index contributed by atoms with van der Waals surface area (Å²) in [4.78, 5) is 32.8. The molecule has 0 saturated heterocycles. The van der Waals surface area contributed by atoms with Crippen LogP contribution in [0.15, 0.2) is 70.7 Å². The van der Waals surface area contributed by atoms with E-state index in [1.54, 1.807) is 23.2 Å².